The highest BCUT2D eigenvalue weighted by Crippen LogP contribution is 2.41. The predicted octanol–water partition coefficient (Wildman–Crippen LogP) is 4.21. The van der Waals surface area contributed by atoms with Crippen LogP contribution >= 0.6 is 35.0 Å². The number of benzene rings is 1. The molecule has 1 fully saturated rings. The van der Waals surface area contributed by atoms with Crippen molar-refractivity contribution in [2.24, 2.45) is 4.99 Å². The number of allylic oxidation sites excluding steroid dienone is 1. The molecular weight excluding hydrogens is 383 g/mol. The number of ether oxygens (including phenoxy) is 1. The van der Waals surface area contributed by atoms with Gasteiger partial charge in [0.2, 0.25) is 5.91 Å². The Morgan fingerprint density at radius 3 is 2.84 bits per heavy atom. The minimum absolute atomic E-state index is 0.0807. The lowest BCUT2D eigenvalue weighted by Gasteiger charge is -2.39. The number of hydrogen-bond acceptors (Lipinski definition) is 5. The van der Waals surface area contributed by atoms with E-state index >= 15 is 0 Å². The Labute approximate surface area is 160 Å². The van der Waals surface area contributed by atoms with Crippen molar-refractivity contribution in [3.63, 3.8) is 0 Å². The van der Waals surface area contributed by atoms with E-state index in [9.17, 15) is 9.59 Å². The maximum atomic E-state index is 12.6. The number of carbonyl (C=O) groups is 2. The summed E-state index contributed by atoms with van der Waals surface area (Å²) >= 11 is 13.7. The zero-order valence-electron chi connectivity index (χ0n) is 13.7. The SMILES string of the molecule is CCOC(=O)C1=C(C)N=C2SCCC(=O)N2C1c1ccc(Cl)c(Cl)c1. The number of halogens is 2. The molecule has 0 bridgehead atoms. The molecule has 2 aliphatic heterocycles. The number of amides is 1. The molecule has 2 aliphatic rings. The van der Waals surface area contributed by atoms with Crippen molar-refractivity contribution < 1.29 is 14.3 Å². The maximum Gasteiger partial charge on any atom is 0.338 e. The molecule has 1 aromatic carbocycles. The Morgan fingerprint density at radius 2 is 2.16 bits per heavy atom. The lowest BCUT2D eigenvalue weighted by atomic mass is 9.94. The number of amidine groups is 1. The zero-order chi connectivity index (χ0) is 18.1. The minimum atomic E-state index is -0.624. The normalized spacial score (nSPS) is 20.3. The van der Waals surface area contributed by atoms with Crippen LogP contribution in [0.4, 0.5) is 0 Å². The van der Waals surface area contributed by atoms with E-state index in [-0.39, 0.29) is 12.5 Å². The number of rotatable bonds is 3. The summed E-state index contributed by atoms with van der Waals surface area (Å²) in [6, 6.07) is 4.48. The van der Waals surface area contributed by atoms with Crippen LogP contribution in [0.15, 0.2) is 34.5 Å². The number of hydrogen-bond donors (Lipinski definition) is 0. The van der Waals surface area contributed by atoms with Crippen molar-refractivity contribution in [3.8, 4) is 0 Å². The topological polar surface area (TPSA) is 59.0 Å². The van der Waals surface area contributed by atoms with Gasteiger partial charge in [0.1, 0.15) is 0 Å². The highest BCUT2D eigenvalue weighted by Gasteiger charge is 2.41. The lowest BCUT2D eigenvalue weighted by molar-refractivity contribution is -0.139. The lowest BCUT2D eigenvalue weighted by Crippen LogP contribution is -2.45. The van der Waals surface area contributed by atoms with Crippen LogP contribution in [-0.4, -0.2) is 34.3 Å². The average Bonchev–Trinajstić information content (AvgIpc) is 2.56. The molecule has 2 heterocycles. The summed E-state index contributed by atoms with van der Waals surface area (Å²) in [6.07, 6.45) is 0.386. The Bertz CT molecular complexity index is 807. The van der Waals surface area contributed by atoms with Gasteiger partial charge in [-0.2, -0.15) is 0 Å². The Balaban J connectivity index is 2.17. The number of aliphatic imine (C=N–C) groups is 1. The van der Waals surface area contributed by atoms with E-state index in [0.29, 0.717) is 44.2 Å². The first kappa shape index (κ1) is 18.3. The molecule has 1 atom stereocenters. The first-order valence-electron chi connectivity index (χ1n) is 7.80. The molecule has 3 rings (SSSR count). The molecule has 25 heavy (non-hydrogen) atoms. The van der Waals surface area contributed by atoms with Crippen LogP contribution in [0.1, 0.15) is 31.9 Å². The average molecular weight is 399 g/mol. The molecular formula is C17H16Cl2N2O3S. The molecule has 0 N–H and O–H groups in total. The highest BCUT2D eigenvalue weighted by atomic mass is 35.5. The van der Waals surface area contributed by atoms with Crippen LogP contribution in [-0.2, 0) is 14.3 Å². The monoisotopic (exact) mass is 398 g/mol. The van der Waals surface area contributed by atoms with Crippen LogP contribution in [0.2, 0.25) is 10.0 Å². The van der Waals surface area contributed by atoms with Crippen molar-refractivity contribution in [1.29, 1.82) is 0 Å². The second-order valence-corrected chi connectivity index (χ2v) is 7.43. The fraction of sp³-hybridized carbons (Fsp3) is 0.353. The molecule has 1 amide bonds. The van der Waals surface area contributed by atoms with E-state index in [4.69, 9.17) is 27.9 Å². The second-order valence-electron chi connectivity index (χ2n) is 5.55. The van der Waals surface area contributed by atoms with Gasteiger partial charge in [-0.05, 0) is 31.5 Å². The van der Waals surface area contributed by atoms with Gasteiger partial charge in [-0.1, -0.05) is 41.0 Å². The van der Waals surface area contributed by atoms with Crippen molar-refractivity contribution in [3.05, 3.63) is 45.1 Å². The van der Waals surface area contributed by atoms with Crippen LogP contribution in [0.3, 0.4) is 0 Å². The molecule has 1 unspecified atom stereocenters. The van der Waals surface area contributed by atoms with Gasteiger partial charge in [0, 0.05) is 12.2 Å². The molecule has 5 nitrogen and oxygen atoms in total. The Morgan fingerprint density at radius 1 is 1.40 bits per heavy atom. The van der Waals surface area contributed by atoms with E-state index in [2.05, 4.69) is 4.99 Å². The van der Waals surface area contributed by atoms with Gasteiger partial charge in [0.25, 0.3) is 0 Å². The molecule has 8 heteroatoms. The molecule has 1 saturated heterocycles. The van der Waals surface area contributed by atoms with Crippen LogP contribution in [0.25, 0.3) is 0 Å². The predicted molar refractivity (Wildman–Crippen MR) is 99.9 cm³/mol. The van der Waals surface area contributed by atoms with Crippen molar-refractivity contribution >= 4 is 52.0 Å². The molecule has 0 aliphatic carbocycles. The third-order valence-electron chi connectivity index (χ3n) is 3.96. The van der Waals surface area contributed by atoms with E-state index in [1.54, 1.807) is 36.9 Å². The van der Waals surface area contributed by atoms with Crippen LogP contribution in [0.5, 0.6) is 0 Å². The number of fused-ring (bicyclic) bond motifs is 1. The molecule has 1 aromatic rings. The smallest absolute Gasteiger partial charge is 0.338 e. The van der Waals surface area contributed by atoms with Gasteiger partial charge < -0.3 is 4.74 Å². The molecule has 0 aromatic heterocycles. The van der Waals surface area contributed by atoms with Gasteiger partial charge in [-0.25, -0.2) is 9.79 Å². The van der Waals surface area contributed by atoms with Gasteiger partial charge in [-0.3, -0.25) is 9.69 Å². The van der Waals surface area contributed by atoms with Crippen LogP contribution < -0.4 is 0 Å². The summed E-state index contributed by atoms with van der Waals surface area (Å²) in [7, 11) is 0. The van der Waals surface area contributed by atoms with E-state index < -0.39 is 12.0 Å². The minimum Gasteiger partial charge on any atom is -0.463 e. The first-order chi connectivity index (χ1) is 11.9. The Kier molecular flexibility index (Phi) is 5.41. The zero-order valence-corrected chi connectivity index (χ0v) is 16.0. The summed E-state index contributed by atoms with van der Waals surface area (Å²) in [5.74, 6) is 0.106. The maximum absolute atomic E-state index is 12.6. The fourth-order valence-corrected chi connectivity index (χ4v) is 4.18. The third kappa shape index (κ3) is 3.43. The van der Waals surface area contributed by atoms with Gasteiger partial charge in [0.05, 0.1) is 34.0 Å². The van der Waals surface area contributed by atoms with Crippen LogP contribution in [0, 0.1) is 0 Å². The van der Waals surface area contributed by atoms with Crippen molar-refractivity contribution in [2.45, 2.75) is 26.3 Å². The number of thioether (sulfide) groups is 1. The highest BCUT2D eigenvalue weighted by molar-refractivity contribution is 8.14. The van der Waals surface area contributed by atoms with E-state index in [0.717, 1.165) is 0 Å². The summed E-state index contributed by atoms with van der Waals surface area (Å²) in [4.78, 5) is 31.2. The van der Waals surface area contributed by atoms with Gasteiger partial charge in [0.15, 0.2) is 5.17 Å². The molecule has 0 saturated carbocycles. The third-order valence-corrected chi connectivity index (χ3v) is 5.65. The summed E-state index contributed by atoms with van der Waals surface area (Å²) in [5.41, 5.74) is 1.59. The van der Waals surface area contributed by atoms with Gasteiger partial charge >= 0.3 is 5.97 Å². The second kappa shape index (κ2) is 7.40. The quantitative estimate of drug-likeness (QED) is 0.715. The summed E-state index contributed by atoms with van der Waals surface area (Å²) in [5, 5.41) is 1.37. The first-order valence-corrected chi connectivity index (χ1v) is 9.54. The van der Waals surface area contributed by atoms with Gasteiger partial charge in [-0.15, -0.1) is 0 Å². The Hall–Kier alpha value is -1.50. The molecule has 0 radical (unpaired) electrons. The molecule has 0 spiro atoms. The number of carbonyl (C=O) groups excluding carboxylic acids is 2. The van der Waals surface area contributed by atoms with Crippen molar-refractivity contribution in [1.82, 2.24) is 4.90 Å². The van der Waals surface area contributed by atoms with E-state index in [1.165, 1.54) is 11.8 Å². The van der Waals surface area contributed by atoms with E-state index in [1.807, 2.05) is 0 Å². The summed E-state index contributed by atoms with van der Waals surface area (Å²) < 4.78 is 5.20. The fourth-order valence-electron chi connectivity index (χ4n) is 2.86. The largest absolute Gasteiger partial charge is 0.463 e. The van der Waals surface area contributed by atoms with Crippen molar-refractivity contribution in [2.75, 3.05) is 12.4 Å². The number of esters is 1. The number of nitrogens with zero attached hydrogens (tertiary/aromatic N) is 2. The summed E-state index contributed by atoms with van der Waals surface area (Å²) in [6.45, 7) is 3.73. The standard InChI is InChI=1S/C17H16Cl2N2O3S/c1-3-24-16(23)14-9(2)20-17-21(13(22)6-7-25-17)15(14)10-4-5-11(18)12(19)8-10/h4-5,8,15H,3,6-7H2,1-2H3. The molecule has 132 valence electrons.